The summed E-state index contributed by atoms with van der Waals surface area (Å²) in [6.07, 6.45) is 3.83. The molecule has 3 heterocycles. The smallest absolute Gasteiger partial charge is 0.226 e. The molecule has 4 rings (SSSR count). The van der Waals surface area contributed by atoms with Gasteiger partial charge in [-0.15, -0.1) is 11.3 Å². The predicted octanol–water partition coefficient (Wildman–Crippen LogP) is 5.57. The van der Waals surface area contributed by atoms with Crippen molar-refractivity contribution in [2.45, 2.75) is 40.0 Å². The first-order chi connectivity index (χ1) is 14.0. The van der Waals surface area contributed by atoms with Gasteiger partial charge in [-0.3, -0.25) is 9.78 Å². The number of nitrogens with zero attached hydrogens (tertiary/aromatic N) is 2. The molecule has 0 radical (unpaired) electrons. The molecule has 0 saturated carbocycles. The normalized spacial score (nSPS) is 11.1. The molecule has 29 heavy (non-hydrogen) atoms. The summed E-state index contributed by atoms with van der Waals surface area (Å²) in [5.41, 5.74) is 6.48. The minimum atomic E-state index is 0.00848. The molecule has 0 saturated heterocycles. The first-order valence-electron chi connectivity index (χ1n) is 9.78. The van der Waals surface area contributed by atoms with Gasteiger partial charge in [0, 0.05) is 28.4 Å². The molecule has 0 bridgehead atoms. The summed E-state index contributed by atoms with van der Waals surface area (Å²) in [7, 11) is 0. The molecule has 0 spiro atoms. The third-order valence-electron chi connectivity index (χ3n) is 5.09. The quantitative estimate of drug-likeness (QED) is 0.441. The molecule has 0 unspecified atom stereocenters. The first-order valence-corrected chi connectivity index (χ1v) is 10.6. The molecule has 1 aromatic carbocycles. The monoisotopic (exact) mass is 404 g/mol. The van der Waals surface area contributed by atoms with Crippen molar-refractivity contribution in [3.05, 3.63) is 64.3 Å². The third-order valence-corrected chi connectivity index (χ3v) is 6.08. The van der Waals surface area contributed by atoms with E-state index in [1.54, 1.807) is 6.20 Å². The molecule has 1 amide bonds. The van der Waals surface area contributed by atoms with E-state index in [0.717, 1.165) is 40.3 Å². The number of carbonyl (C=O) groups excluding carboxylic acids is 1. The molecule has 6 heteroatoms. The fraction of sp³-hybridized carbons (Fsp3) is 0.261. The van der Waals surface area contributed by atoms with Gasteiger partial charge in [-0.1, -0.05) is 17.7 Å². The Morgan fingerprint density at radius 1 is 1.17 bits per heavy atom. The van der Waals surface area contributed by atoms with E-state index in [1.807, 2.05) is 32.0 Å². The standard InChI is InChI=1S/C23H24N4OS/c1-14-10-11-19-18(13-14)17(22(26-19)20-8-4-5-12-24-20)7-6-9-21(28)27-23-25-15(2)16(3)29-23/h4-5,8,10-13,26H,6-7,9H2,1-3H3,(H,25,27,28). The Morgan fingerprint density at radius 3 is 2.76 bits per heavy atom. The summed E-state index contributed by atoms with van der Waals surface area (Å²) >= 11 is 1.52. The molecule has 0 aliphatic carbocycles. The average molecular weight is 405 g/mol. The van der Waals surface area contributed by atoms with Crippen LogP contribution in [-0.2, 0) is 11.2 Å². The fourth-order valence-electron chi connectivity index (χ4n) is 3.48. The molecule has 2 N–H and O–H groups in total. The van der Waals surface area contributed by atoms with E-state index in [9.17, 15) is 4.79 Å². The van der Waals surface area contributed by atoms with Gasteiger partial charge in [0.15, 0.2) is 5.13 Å². The minimum Gasteiger partial charge on any atom is -0.353 e. The Labute approximate surface area is 174 Å². The molecule has 0 aliphatic rings. The number of carbonyl (C=O) groups is 1. The lowest BCUT2D eigenvalue weighted by atomic mass is 10.0. The average Bonchev–Trinajstić information content (AvgIpc) is 3.21. The van der Waals surface area contributed by atoms with Crippen LogP contribution in [0.2, 0.25) is 0 Å². The van der Waals surface area contributed by atoms with Crippen molar-refractivity contribution in [1.82, 2.24) is 15.0 Å². The molecule has 0 aliphatic heterocycles. The van der Waals surface area contributed by atoms with E-state index < -0.39 is 0 Å². The lowest BCUT2D eigenvalue weighted by molar-refractivity contribution is -0.116. The number of H-pyrrole nitrogens is 1. The van der Waals surface area contributed by atoms with Crippen LogP contribution >= 0.6 is 11.3 Å². The number of pyridine rings is 1. The molecule has 3 aromatic heterocycles. The summed E-state index contributed by atoms with van der Waals surface area (Å²) in [5, 5.41) is 4.81. The van der Waals surface area contributed by atoms with Crippen LogP contribution in [0.4, 0.5) is 5.13 Å². The molecular weight excluding hydrogens is 380 g/mol. The van der Waals surface area contributed by atoms with Gasteiger partial charge >= 0.3 is 0 Å². The number of hydrogen-bond acceptors (Lipinski definition) is 4. The predicted molar refractivity (Wildman–Crippen MR) is 119 cm³/mol. The molecule has 5 nitrogen and oxygen atoms in total. The van der Waals surface area contributed by atoms with Crippen molar-refractivity contribution in [2.75, 3.05) is 5.32 Å². The van der Waals surface area contributed by atoms with Crippen molar-refractivity contribution < 1.29 is 4.79 Å². The highest BCUT2D eigenvalue weighted by molar-refractivity contribution is 7.15. The van der Waals surface area contributed by atoms with Crippen LogP contribution in [0, 0.1) is 20.8 Å². The molecular formula is C23H24N4OS. The van der Waals surface area contributed by atoms with E-state index in [0.29, 0.717) is 11.6 Å². The number of anilines is 1. The van der Waals surface area contributed by atoms with Crippen LogP contribution < -0.4 is 5.32 Å². The summed E-state index contributed by atoms with van der Waals surface area (Å²) in [6.45, 7) is 6.07. The highest BCUT2D eigenvalue weighted by atomic mass is 32.1. The second kappa shape index (κ2) is 8.17. The molecule has 0 atom stereocenters. The van der Waals surface area contributed by atoms with Crippen LogP contribution in [0.25, 0.3) is 22.3 Å². The number of nitrogens with one attached hydrogen (secondary N) is 2. The lowest BCUT2D eigenvalue weighted by Crippen LogP contribution is -2.11. The lowest BCUT2D eigenvalue weighted by Gasteiger charge is -2.06. The number of rotatable bonds is 6. The number of hydrogen-bond donors (Lipinski definition) is 2. The maximum atomic E-state index is 12.4. The zero-order valence-corrected chi connectivity index (χ0v) is 17.7. The summed E-state index contributed by atoms with van der Waals surface area (Å²) < 4.78 is 0. The van der Waals surface area contributed by atoms with Gasteiger partial charge in [-0.25, -0.2) is 4.98 Å². The van der Waals surface area contributed by atoms with Gasteiger partial charge in [0.1, 0.15) is 0 Å². The number of aryl methyl sites for hydroxylation is 4. The van der Waals surface area contributed by atoms with E-state index in [-0.39, 0.29) is 5.91 Å². The van der Waals surface area contributed by atoms with E-state index >= 15 is 0 Å². The highest BCUT2D eigenvalue weighted by Gasteiger charge is 2.15. The van der Waals surface area contributed by atoms with Crippen molar-refractivity contribution in [1.29, 1.82) is 0 Å². The molecule has 4 aromatic rings. The second-order valence-electron chi connectivity index (χ2n) is 7.30. The van der Waals surface area contributed by atoms with Crippen molar-refractivity contribution in [3.63, 3.8) is 0 Å². The van der Waals surface area contributed by atoms with Gasteiger partial charge < -0.3 is 10.3 Å². The van der Waals surface area contributed by atoms with Gasteiger partial charge in [0.2, 0.25) is 5.91 Å². The summed E-state index contributed by atoms with van der Waals surface area (Å²) in [5.74, 6) is 0.00848. The summed E-state index contributed by atoms with van der Waals surface area (Å²) in [6, 6.07) is 12.4. The van der Waals surface area contributed by atoms with Crippen molar-refractivity contribution in [3.8, 4) is 11.4 Å². The zero-order chi connectivity index (χ0) is 20.4. The number of aromatic nitrogens is 3. The van der Waals surface area contributed by atoms with Crippen LogP contribution in [0.15, 0.2) is 42.6 Å². The highest BCUT2D eigenvalue weighted by Crippen LogP contribution is 2.31. The summed E-state index contributed by atoms with van der Waals surface area (Å²) in [4.78, 5) is 25.9. The van der Waals surface area contributed by atoms with E-state index in [4.69, 9.17) is 0 Å². The van der Waals surface area contributed by atoms with Crippen LogP contribution in [0.1, 0.15) is 34.5 Å². The van der Waals surface area contributed by atoms with Gasteiger partial charge in [-0.05, 0) is 63.4 Å². The molecule has 148 valence electrons. The molecule has 0 fully saturated rings. The largest absolute Gasteiger partial charge is 0.353 e. The number of amides is 1. The Morgan fingerprint density at radius 2 is 2.03 bits per heavy atom. The topological polar surface area (TPSA) is 70.7 Å². The first kappa shape index (κ1) is 19.3. The minimum absolute atomic E-state index is 0.00848. The second-order valence-corrected chi connectivity index (χ2v) is 8.51. The number of benzene rings is 1. The Bertz CT molecular complexity index is 1140. The van der Waals surface area contributed by atoms with Crippen LogP contribution in [0.3, 0.4) is 0 Å². The maximum absolute atomic E-state index is 12.4. The Kier molecular flexibility index (Phi) is 5.45. The van der Waals surface area contributed by atoms with Crippen LogP contribution in [0.5, 0.6) is 0 Å². The third kappa shape index (κ3) is 4.22. The Balaban J connectivity index is 1.52. The van der Waals surface area contributed by atoms with Crippen LogP contribution in [-0.4, -0.2) is 20.9 Å². The maximum Gasteiger partial charge on any atom is 0.226 e. The van der Waals surface area contributed by atoms with E-state index in [2.05, 4.69) is 45.4 Å². The van der Waals surface area contributed by atoms with Crippen molar-refractivity contribution in [2.24, 2.45) is 0 Å². The number of thiazole rings is 1. The van der Waals surface area contributed by atoms with Gasteiger partial charge in [-0.2, -0.15) is 0 Å². The fourth-order valence-corrected chi connectivity index (χ4v) is 4.31. The SMILES string of the molecule is Cc1ccc2[nH]c(-c3ccccn3)c(CCCC(=O)Nc3nc(C)c(C)s3)c2c1. The van der Waals surface area contributed by atoms with Crippen molar-refractivity contribution >= 4 is 33.3 Å². The zero-order valence-electron chi connectivity index (χ0n) is 16.9. The number of fused-ring (bicyclic) bond motifs is 1. The number of aromatic amines is 1. The van der Waals surface area contributed by atoms with Gasteiger partial charge in [0.25, 0.3) is 0 Å². The Hall–Kier alpha value is -2.99. The van der Waals surface area contributed by atoms with E-state index in [1.165, 1.54) is 27.8 Å². The van der Waals surface area contributed by atoms with Gasteiger partial charge in [0.05, 0.1) is 17.1 Å².